The second-order valence-electron chi connectivity index (χ2n) is 9.67. The maximum atomic E-state index is 13.5. The maximum absolute atomic E-state index is 13.5. The molecule has 35 heavy (non-hydrogen) atoms. The van der Waals surface area contributed by atoms with E-state index in [0.29, 0.717) is 36.7 Å². The Morgan fingerprint density at radius 3 is 2.71 bits per heavy atom. The van der Waals surface area contributed by atoms with Crippen LogP contribution in [-0.4, -0.2) is 38.6 Å². The first-order valence-electron chi connectivity index (χ1n) is 12.8. The lowest BCUT2D eigenvalue weighted by molar-refractivity contribution is -0.127. The van der Waals surface area contributed by atoms with Crippen molar-refractivity contribution in [3.63, 3.8) is 0 Å². The Morgan fingerprint density at radius 2 is 1.91 bits per heavy atom. The molecule has 1 aliphatic carbocycles. The quantitative estimate of drug-likeness (QED) is 0.453. The number of halogens is 1. The van der Waals surface area contributed by atoms with E-state index < -0.39 is 0 Å². The maximum Gasteiger partial charge on any atom is 0.251 e. The first-order chi connectivity index (χ1) is 17.0. The lowest BCUT2D eigenvalue weighted by Gasteiger charge is -2.29. The van der Waals surface area contributed by atoms with Crippen LogP contribution < -0.4 is 20.7 Å². The minimum absolute atomic E-state index is 0.0813. The summed E-state index contributed by atoms with van der Waals surface area (Å²) in [4.78, 5) is 25.8. The van der Waals surface area contributed by atoms with Gasteiger partial charge in [0.25, 0.3) is 5.91 Å². The zero-order valence-corrected chi connectivity index (χ0v) is 20.4. The first kappa shape index (κ1) is 25.0. The fourth-order valence-corrected chi connectivity index (χ4v) is 5.46. The second-order valence-corrected chi connectivity index (χ2v) is 9.67. The summed E-state index contributed by atoms with van der Waals surface area (Å²) < 4.78 is 18.7. The van der Waals surface area contributed by atoms with E-state index in [0.717, 1.165) is 49.9 Å². The average molecular weight is 482 g/mol. The molecule has 2 unspecified atom stereocenters. The van der Waals surface area contributed by atoms with Gasteiger partial charge in [-0.05, 0) is 67.5 Å². The van der Waals surface area contributed by atoms with Gasteiger partial charge in [0.1, 0.15) is 11.6 Å². The third-order valence-corrected chi connectivity index (χ3v) is 7.41. The van der Waals surface area contributed by atoms with E-state index in [9.17, 15) is 14.0 Å². The molecule has 0 radical (unpaired) electrons. The number of amides is 2. The van der Waals surface area contributed by atoms with Crippen molar-refractivity contribution >= 4 is 17.5 Å². The molecule has 0 spiro atoms. The lowest BCUT2D eigenvalue weighted by atomic mass is 9.78. The number of anilines is 1. The molecule has 1 saturated carbocycles. The molecule has 6 nitrogen and oxygen atoms in total. The molecule has 1 aliphatic heterocycles. The number of hydrogen-bond acceptors (Lipinski definition) is 4. The Bertz CT molecular complexity index is 1020. The van der Waals surface area contributed by atoms with Gasteiger partial charge < -0.3 is 20.7 Å². The zero-order valence-electron chi connectivity index (χ0n) is 20.4. The topological polar surface area (TPSA) is 79.5 Å². The van der Waals surface area contributed by atoms with Crippen LogP contribution in [-0.2, 0) is 4.79 Å². The molecule has 4 rings (SSSR count). The minimum Gasteiger partial charge on any atom is -0.497 e. The van der Waals surface area contributed by atoms with Gasteiger partial charge in [0.05, 0.1) is 7.11 Å². The van der Waals surface area contributed by atoms with Crippen molar-refractivity contribution < 1.29 is 18.7 Å². The van der Waals surface area contributed by atoms with Gasteiger partial charge in [0.15, 0.2) is 0 Å². The number of rotatable bonds is 10. The third-order valence-electron chi connectivity index (χ3n) is 7.41. The van der Waals surface area contributed by atoms with Crippen LogP contribution in [0.2, 0.25) is 0 Å². The molecule has 3 N–H and O–H groups in total. The Hall–Kier alpha value is -3.09. The summed E-state index contributed by atoms with van der Waals surface area (Å²) in [5.74, 6) is 0.842. The van der Waals surface area contributed by atoms with Crippen molar-refractivity contribution in [2.24, 2.45) is 11.8 Å². The number of fused-ring (bicyclic) bond motifs is 1. The highest BCUT2D eigenvalue weighted by Gasteiger charge is 2.30. The van der Waals surface area contributed by atoms with Gasteiger partial charge in [-0.1, -0.05) is 31.4 Å². The van der Waals surface area contributed by atoms with Gasteiger partial charge >= 0.3 is 0 Å². The highest BCUT2D eigenvalue weighted by molar-refractivity contribution is 5.94. The van der Waals surface area contributed by atoms with Crippen molar-refractivity contribution in [3.8, 4) is 5.75 Å². The number of benzene rings is 2. The summed E-state index contributed by atoms with van der Waals surface area (Å²) in [5, 5.41) is 9.40. The number of carbonyl (C=O) groups excluding carboxylic acids is 2. The molecule has 1 fully saturated rings. The first-order valence-corrected chi connectivity index (χ1v) is 12.8. The van der Waals surface area contributed by atoms with Gasteiger partial charge in [0, 0.05) is 42.7 Å². The summed E-state index contributed by atoms with van der Waals surface area (Å²) >= 11 is 0. The molecule has 0 bridgehead atoms. The summed E-state index contributed by atoms with van der Waals surface area (Å²) in [6.07, 6.45) is 7.10. The number of methoxy groups -OCH3 is 1. The fraction of sp³-hybridized carbons (Fsp3) is 0.500. The van der Waals surface area contributed by atoms with Crippen LogP contribution in [0.15, 0.2) is 42.5 Å². The number of carbonyl (C=O) groups is 2. The van der Waals surface area contributed by atoms with Crippen LogP contribution >= 0.6 is 0 Å². The smallest absolute Gasteiger partial charge is 0.251 e. The minimum atomic E-state index is -0.237. The molecule has 2 atom stereocenters. The third kappa shape index (κ3) is 6.53. The predicted octanol–water partition coefficient (Wildman–Crippen LogP) is 4.87. The number of hydrogen-bond donors (Lipinski definition) is 3. The lowest BCUT2D eigenvalue weighted by Crippen LogP contribution is -2.39. The highest BCUT2D eigenvalue weighted by Crippen LogP contribution is 2.34. The van der Waals surface area contributed by atoms with Gasteiger partial charge in [-0.25, -0.2) is 4.39 Å². The summed E-state index contributed by atoms with van der Waals surface area (Å²) in [7, 11) is 1.58. The van der Waals surface area contributed by atoms with Crippen molar-refractivity contribution in [2.45, 2.75) is 50.9 Å². The Labute approximate surface area is 207 Å². The molecular weight excluding hydrogens is 445 g/mol. The molecular formula is C28H36FN3O3. The fourth-order valence-electron chi connectivity index (χ4n) is 5.46. The molecule has 2 aromatic carbocycles. The van der Waals surface area contributed by atoms with Gasteiger partial charge in [-0.2, -0.15) is 0 Å². The largest absolute Gasteiger partial charge is 0.497 e. The Balaban J connectivity index is 1.29. The highest BCUT2D eigenvalue weighted by atomic mass is 19.1. The molecule has 7 heteroatoms. The zero-order chi connectivity index (χ0) is 24.6. The van der Waals surface area contributed by atoms with Crippen molar-refractivity contribution in [1.29, 1.82) is 0 Å². The van der Waals surface area contributed by atoms with Crippen LogP contribution in [0.25, 0.3) is 0 Å². The van der Waals surface area contributed by atoms with E-state index in [1.807, 2.05) is 6.07 Å². The van der Waals surface area contributed by atoms with E-state index in [-0.39, 0.29) is 29.5 Å². The van der Waals surface area contributed by atoms with E-state index >= 15 is 0 Å². The SMILES string of the molecule is COc1cccc(C(=O)NCCC(C(=O)NCCC2CNc3cc(F)ccc32)C2CCCCC2)c1. The summed E-state index contributed by atoms with van der Waals surface area (Å²) in [6.45, 7) is 1.80. The number of nitrogens with one attached hydrogen (secondary N) is 3. The molecule has 188 valence electrons. The number of ether oxygens (including phenoxy) is 1. The van der Waals surface area contributed by atoms with E-state index in [1.54, 1.807) is 31.4 Å². The Kier molecular flexibility index (Phi) is 8.61. The summed E-state index contributed by atoms with van der Waals surface area (Å²) in [6, 6.07) is 11.9. The van der Waals surface area contributed by atoms with E-state index in [4.69, 9.17) is 4.74 Å². The molecule has 0 aromatic heterocycles. The molecule has 0 saturated heterocycles. The van der Waals surface area contributed by atoms with Crippen LogP contribution in [0, 0.1) is 17.7 Å². The van der Waals surface area contributed by atoms with Gasteiger partial charge in [-0.3, -0.25) is 9.59 Å². The van der Waals surface area contributed by atoms with Gasteiger partial charge in [0.2, 0.25) is 5.91 Å². The molecule has 1 heterocycles. The van der Waals surface area contributed by atoms with E-state index in [1.165, 1.54) is 18.6 Å². The monoisotopic (exact) mass is 481 g/mol. The van der Waals surface area contributed by atoms with Crippen molar-refractivity contribution in [2.75, 3.05) is 32.1 Å². The van der Waals surface area contributed by atoms with E-state index in [2.05, 4.69) is 16.0 Å². The predicted molar refractivity (Wildman–Crippen MR) is 135 cm³/mol. The molecule has 2 amide bonds. The van der Waals surface area contributed by atoms with Crippen molar-refractivity contribution in [1.82, 2.24) is 10.6 Å². The van der Waals surface area contributed by atoms with Gasteiger partial charge in [-0.15, -0.1) is 0 Å². The van der Waals surface area contributed by atoms with Crippen LogP contribution in [0.4, 0.5) is 10.1 Å². The van der Waals surface area contributed by atoms with Crippen LogP contribution in [0.1, 0.15) is 66.8 Å². The second kappa shape index (κ2) is 12.0. The normalized spacial score (nSPS) is 18.3. The summed E-state index contributed by atoms with van der Waals surface area (Å²) in [5.41, 5.74) is 2.52. The molecule has 2 aromatic rings. The standard InChI is InChI=1S/C28H36FN3O3/c1-35-23-9-5-8-20(16-23)27(33)30-15-13-25(19-6-3-2-4-7-19)28(34)31-14-12-21-18-32-26-17-22(29)10-11-24(21)26/h5,8-11,16-17,19,21,25,32H,2-4,6-7,12-15,18H2,1H3,(H,30,33)(H,31,34). The van der Waals surface area contributed by atoms with Crippen LogP contribution in [0.5, 0.6) is 5.75 Å². The molecule has 2 aliphatic rings. The average Bonchev–Trinajstić information content (AvgIpc) is 3.28. The Morgan fingerprint density at radius 1 is 1.09 bits per heavy atom. The van der Waals surface area contributed by atoms with Crippen molar-refractivity contribution in [3.05, 3.63) is 59.4 Å². The van der Waals surface area contributed by atoms with Crippen LogP contribution in [0.3, 0.4) is 0 Å².